The van der Waals surface area contributed by atoms with Gasteiger partial charge in [-0.3, -0.25) is 9.59 Å². The van der Waals surface area contributed by atoms with Crippen molar-refractivity contribution in [2.45, 2.75) is 38.9 Å². The number of hydrogen-bond donors (Lipinski definition) is 2. The number of hydrogen-bond acceptors (Lipinski definition) is 5. The summed E-state index contributed by atoms with van der Waals surface area (Å²) in [7, 11) is 0. The number of aryl methyl sites for hydroxylation is 2. The molecule has 1 aromatic heterocycles. The Balaban J connectivity index is 1.59. The van der Waals surface area contributed by atoms with E-state index in [1.165, 1.54) is 19.1 Å². The highest BCUT2D eigenvalue weighted by Gasteiger charge is 2.32. The Kier molecular flexibility index (Phi) is 7.38. The van der Waals surface area contributed by atoms with Gasteiger partial charge in [0.05, 0.1) is 23.8 Å². The molecule has 39 heavy (non-hydrogen) atoms. The summed E-state index contributed by atoms with van der Waals surface area (Å²) in [5.74, 6) is -1.36. The zero-order chi connectivity index (χ0) is 27.5. The Bertz CT molecular complexity index is 1540. The highest BCUT2D eigenvalue weighted by molar-refractivity contribution is 6.03. The van der Waals surface area contributed by atoms with E-state index in [4.69, 9.17) is 0 Å². The Morgan fingerprint density at radius 2 is 1.69 bits per heavy atom. The van der Waals surface area contributed by atoms with Crippen LogP contribution in [0.15, 0.2) is 79.0 Å². The number of aliphatic hydroxyl groups excluding tert-OH is 1. The van der Waals surface area contributed by atoms with Gasteiger partial charge in [0, 0.05) is 31.8 Å². The molecular weight excluding hydrogens is 494 g/mol. The molecule has 0 bridgehead atoms. The van der Waals surface area contributed by atoms with E-state index in [0.717, 1.165) is 16.7 Å². The first kappa shape index (κ1) is 26.1. The lowest BCUT2D eigenvalue weighted by molar-refractivity contribution is 0.0544. The molecule has 0 saturated heterocycles. The molecule has 8 nitrogen and oxygen atoms in total. The Hall–Kier alpha value is -4.56. The lowest BCUT2D eigenvalue weighted by Crippen LogP contribution is -2.46. The van der Waals surface area contributed by atoms with Crippen molar-refractivity contribution in [3.05, 3.63) is 113 Å². The number of benzene rings is 3. The zero-order valence-corrected chi connectivity index (χ0v) is 21.6. The summed E-state index contributed by atoms with van der Waals surface area (Å²) >= 11 is 0. The summed E-state index contributed by atoms with van der Waals surface area (Å²) in [4.78, 5) is 44.4. The molecule has 0 saturated carbocycles. The van der Waals surface area contributed by atoms with Crippen LogP contribution < -0.4 is 0 Å². The van der Waals surface area contributed by atoms with E-state index in [2.05, 4.69) is 4.98 Å². The molecule has 2 N–H and O–H groups in total. The minimum Gasteiger partial charge on any atom is -0.478 e. The predicted molar refractivity (Wildman–Crippen MR) is 146 cm³/mol. The largest absolute Gasteiger partial charge is 0.478 e. The third-order valence-corrected chi connectivity index (χ3v) is 7.19. The highest BCUT2D eigenvalue weighted by atomic mass is 16.4. The molecule has 0 fully saturated rings. The lowest BCUT2D eigenvalue weighted by Gasteiger charge is -2.36. The number of rotatable bonds is 8. The van der Waals surface area contributed by atoms with Gasteiger partial charge in [-0.15, -0.1) is 0 Å². The molecule has 0 aliphatic carbocycles. The van der Waals surface area contributed by atoms with Crippen molar-refractivity contribution in [3.63, 3.8) is 0 Å². The smallest absolute Gasteiger partial charge is 0.335 e. The van der Waals surface area contributed by atoms with Crippen LogP contribution in [0, 0.1) is 0 Å². The number of imidazole rings is 1. The van der Waals surface area contributed by atoms with Crippen LogP contribution in [0.5, 0.6) is 0 Å². The number of aromatic carboxylic acids is 1. The minimum atomic E-state index is -1.16. The number of amides is 1. The highest BCUT2D eigenvalue weighted by Crippen LogP contribution is 2.30. The third kappa shape index (κ3) is 5.37. The molecule has 1 aliphatic rings. The Morgan fingerprint density at radius 3 is 2.38 bits per heavy atom. The number of carbonyl (C=O) groups excluding carboxylic acids is 2. The standard InChI is InChI=1S/C31H29N3O5/c1-20(36)28-18-33(14-13-21-7-3-2-4-8-21)29(32-28)26-12-11-23(31(38)39)16-27(26)30(37)34-17-24-10-6-5-9-22(24)15-25(34)19-35/h2-12,16,18,25,35H,13-15,17,19H2,1H3,(H,38,39)/t25-/m0/s1. The van der Waals surface area contributed by atoms with Crippen molar-refractivity contribution in [2.75, 3.05) is 6.61 Å². The predicted octanol–water partition coefficient (Wildman–Crippen LogP) is 4.25. The third-order valence-electron chi connectivity index (χ3n) is 7.19. The van der Waals surface area contributed by atoms with Crippen LogP contribution in [0.25, 0.3) is 11.4 Å². The van der Waals surface area contributed by atoms with E-state index < -0.39 is 17.9 Å². The van der Waals surface area contributed by atoms with Gasteiger partial charge in [0.25, 0.3) is 5.91 Å². The number of carbonyl (C=O) groups is 3. The maximum atomic E-state index is 14.1. The van der Waals surface area contributed by atoms with E-state index >= 15 is 0 Å². The van der Waals surface area contributed by atoms with Crippen LogP contribution in [0.1, 0.15) is 54.8 Å². The minimum absolute atomic E-state index is 0.0331. The van der Waals surface area contributed by atoms with Crippen LogP contribution in [-0.2, 0) is 25.9 Å². The number of carboxylic acid groups (broad SMARTS) is 1. The van der Waals surface area contributed by atoms with E-state index in [9.17, 15) is 24.6 Å². The van der Waals surface area contributed by atoms with Gasteiger partial charge in [-0.05, 0) is 47.7 Å². The van der Waals surface area contributed by atoms with E-state index in [1.54, 1.807) is 17.2 Å². The monoisotopic (exact) mass is 523 g/mol. The summed E-state index contributed by atoms with van der Waals surface area (Å²) in [6, 6.07) is 21.6. The Labute approximate surface area is 226 Å². The number of carboxylic acids is 1. The molecule has 1 amide bonds. The first-order valence-corrected chi connectivity index (χ1v) is 12.8. The summed E-state index contributed by atoms with van der Waals surface area (Å²) < 4.78 is 1.84. The fourth-order valence-corrected chi connectivity index (χ4v) is 5.06. The summed E-state index contributed by atoms with van der Waals surface area (Å²) in [5.41, 5.74) is 3.98. The van der Waals surface area contributed by atoms with E-state index in [-0.39, 0.29) is 35.8 Å². The van der Waals surface area contributed by atoms with Gasteiger partial charge < -0.3 is 19.7 Å². The average Bonchev–Trinajstić information content (AvgIpc) is 3.39. The number of aromatic nitrogens is 2. The van der Waals surface area contributed by atoms with Gasteiger partial charge in [-0.25, -0.2) is 9.78 Å². The molecule has 3 aromatic carbocycles. The molecule has 0 unspecified atom stereocenters. The van der Waals surface area contributed by atoms with Crippen molar-refractivity contribution in [3.8, 4) is 11.4 Å². The maximum absolute atomic E-state index is 14.1. The average molecular weight is 524 g/mol. The van der Waals surface area contributed by atoms with Crippen LogP contribution >= 0.6 is 0 Å². The molecule has 1 atom stereocenters. The van der Waals surface area contributed by atoms with Crippen molar-refractivity contribution in [1.82, 2.24) is 14.5 Å². The van der Waals surface area contributed by atoms with Gasteiger partial charge in [0.1, 0.15) is 11.5 Å². The fourth-order valence-electron chi connectivity index (χ4n) is 5.06. The maximum Gasteiger partial charge on any atom is 0.335 e. The van der Waals surface area contributed by atoms with Crippen molar-refractivity contribution in [1.29, 1.82) is 0 Å². The van der Waals surface area contributed by atoms with Gasteiger partial charge in [0.15, 0.2) is 5.78 Å². The number of Topliss-reactive ketones (excluding diaryl/α,β-unsaturated/α-hetero) is 1. The first-order chi connectivity index (χ1) is 18.9. The van der Waals surface area contributed by atoms with Gasteiger partial charge in [0.2, 0.25) is 0 Å². The quantitative estimate of drug-likeness (QED) is 0.334. The van der Waals surface area contributed by atoms with Gasteiger partial charge >= 0.3 is 5.97 Å². The topological polar surface area (TPSA) is 113 Å². The number of nitrogens with zero attached hydrogens (tertiary/aromatic N) is 3. The molecule has 4 aromatic rings. The van der Waals surface area contributed by atoms with Crippen molar-refractivity contribution < 1.29 is 24.6 Å². The molecule has 198 valence electrons. The summed E-state index contributed by atoms with van der Waals surface area (Å²) in [5, 5.41) is 19.9. The summed E-state index contributed by atoms with van der Waals surface area (Å²) in [6.07, 6.45) is 2.84. The molecule has 2 heterocycles. The van der Waals surface area contributed by atoms with Crippen LogP contribution in [0.4, 0.5) is 0 Å². The zero-order valence-electron chi connectivity index (χ0n) is 21.6. The molecule has 8 heteroatoms. The van der Waals surface area contributed by atoms with Crippen LogP contribution in [0.2, 0.25) is 0 Å². The van der Waals surface area contributed by atoms with Gasteiger partial charge in [-0.2, -0.15) is 0 Å². The number of ketones is 1. The van der Waals surface area contributed by atoms with Gasteiger partial charge in [-0.1, -0.05) is 54.6 Å². The SMILES string of the molecule is CC(=O)c1cn(CCc2ccccc2)c(-c2ccc(C(=O)O)cc2C(=O)N2Cc3ccccc3C[C@H]2CO)n1. The van der Waals surface area contributed by atoms with Crippen molar-refractivity contribution >= 4 is 17.7 Å². The molecule has 0 radical (unpaired) electrons. The molecular formula is C31H29N3O5. The number of aliphatic hydroxyl groups is 1. The first-order valence-electron chi connectivity index (χ1n) is 12.8. The van der Waals surface area contributed by atoms with Crippen LogP contribution in [-0.4, -0.2) is 55.0 Å². The van der Waals surface area contributed by atoms with E-state index in [0.29, 0.717) is 30.8 Å². The Morgan fingerprint density at radius 1 is 0.974 bits per heavy atom. The lowest BCUT2D eigenvalue weighted by atomic mass is 9.92. The second-order valence-corrected chi connectivity index (χ2v) is 9.74. The molecule has 0 spiro atoms. The number of fused-ring (bicyclic) bond motifs is 1. The second-order valence-electron chi connectivity index (χ2n) is 9.74. The molecule has 1 aliphatic heterocycles. The fraction of sp³-hybridized carbons (Fsp3) is 0.226. The van der Waals surface area contributed by atoms with E-state index in [1.807, 2.05) is 59.2 Å². The molecule has 5 rings (SSSR count). The van der Waals surface area contributed by atoms with Crippen LogP contribution in [0.3, 0.4) is 0 Å². The second kappa shape index (κ2) is 11.0. The normalized spacial score (nSPS) is 14.6. The summed E-state index contributed by atoms with van der Waals surface area (Å²) in [6.45, 7) is 2.00. The van der Waals surface area contributed by atoms with Crippen molar-refractivity contribution in [2.24, 2.45) is 0 Å².